The second-order valence-corrected chi connectivity index (χ2v) is 7.42. The third-order valence-electron chi connectivity index (χ3n) is 4.63. The Balaban J connectivity index is 1.55. The van der Waals surface area contributed by atoms with Crippen LogP contribution in [0.2, 0.25) is 0 Å². The lowest BCUT2D eigenvalue weighted by molar-refractivity contribution is -0.121. The molecule has 2 aromatic carbocycles. The van der Waals surface area contributed by atoms with Gasteiger partial charge < -0.3 is 14.6 Å². The summed E-state index contributed by atoms with van der Waals surface area (Å²) in [6.07, 6.45) is 0. The van der Waals surface area contributed by atoms with Crippen molar-refractivity contribution in [2.75, 3.05) is 6.61 Å². The molecule has 0 fully saturated rings. The van der Waals surface area contributed by atoms with Crippen molar-refractivity contribution in [2.45, 2.75) is 20.0 Å². The highest BCUT2D eigenvalue weighted by Crippen LogP contribution is 2.31. The lowest BCUT2D eigenvalue weighted by Gasteiger charge is -2.13. The summed E-state index contributed by atoms with van der Waals surface area (Å²) in [6, 6.07) is 22.3. The van der Waals surface area contributed by atoms with E-state index in [-0.39, 0.29) is 12.5 Å². The van der Waals surface area contributed by atoms with Gasteiger partial charge >= 0.3 is 0 Å². The number of amides is 1. The minimum Gasteiger partial charge on any atom is -0.494 e. The van der Waals surface area contributed by atoms with Crippen LogP contribution in [0.25, 0.3) is 21.5 Å². The number of thiophene rings is 1. The van der Waals surface area contributed by atoms with Crippen molar-refractivity contribution in [3.63, 3.8) is 0 Å². The highest BCUT2D eigenvalue weighted by Gasteiger charge is 2.14. The molecule has 0 saturated carbocycles. The summed E-state index contributed by atoms with van der Waals surface area (Å²) >= 11 is 1.68. The molecule has 1 N–H and O–H groups in total. The topological polar surface area (TPSA) is 43.3 Å². The maximum Gasteiger partial charge on any atom is 0.240 e. The summed E-state index contributed by atoms with van der Waals surface area (Å²) in [4.78, 5) is 13.9. The summed E-state index contributed by atoms with van der Waals surface area (Å²) in [6.45, 7) is 3.28. The first-order chi connectivity index (χ1) is 13.8. The molecular formula is C23H22N2O2S. The van der Waals surface area contributed by atoms with Gasteiger partial charge in [-0.25, -0.2) is 0 Å². The molecule has 0 spiro atoms. The third-order valence-corrected chi connectivity index (χ3v) is 5.53. The van der Waals surface area contributed by atoms with Crippen LogP contribution >= 0.6 is 11.3 Å². The molecule has 0 aliphatic heterocycles. The van der Waals surface area contributed by atoms with Crippen LogP contribution in [0.4, 0.5) is 0 Å². The zero-order valence-electron chi connectivity index (χ0n) is 15.7. The van der Waals surface area contributed by atoms with Gasteiger partial charge in [0.25, 0.3) is 0 Å². The maximum absolute atomic E-state index is 12.7. The van der Waals surface area contributed by atoms with Crippen LogP contribution in [0.5, 0.6) is 5.75 Å². The SMILES string of the molecule is CCOc1ccccc1CNC(=O)Cn1c(-c2cccs2)cc2ccccc21. The Morgan fingerprint density at radius 1 is 1.07 bits per heavy atom. The number of fused-ring (bicyclic) bond motifs is 1. The Kier molecular flexibility index (Phi) is 5.44. The van der Waals surface area contributed by atoms with Crippen LogP contribution in [0.3, 0.4) is 0 Å². The fourth-order valence-electron chi connectivity index (χ4n) is 3.35. The van der Waals surface area contributed by atoms with E-state index in [4.69, 9.17) is 4.74 Å². The molecule has 0 bridgehead atoms. The molecule has 0 saturated heterocycles. The molecule has 1 amide bonds. The predicted molar refractivity (Wildman–Crippen MR) is 115 cm³/mol. The Labute approximate surface area is 168 Å². The second kappa shape index (κ2) is 8.31. The molecule has 142 valence electrons. The van der Waals surface area contributed by atoms with E-state index in [1.807, 2.05) is 49.4 Å². The van der Waals surface area contributed by atoms with E-state index in [1.165, 1.54) is 0 Å². The van der Waals surface area contributed by atoms with Gasteiger partial charge in [-0.1, -0.05) is 42.5 Å². The van der Waals surface area contributed by atoms with Gasteiger partial charge in [0.2, 0.25) is 5.91 Å². The van der Waals surface area contributed by atoms with Gasteiger partial charge in [-0.15, -0.1) is 11.3 Å². The van der Waals surface area contributed by atoms with Gasteiger partial charge in [-0.3, -0.25) is 4.79 Å². The first kappa shape index (κ1) is 18.3. The smallest absolute Gasteiger partial charge is 0.240 e. The number of ether oxygens (including phenoxy) is 1. The minimum atomic E-state index is -0.0227. The zero-order valence-corrected chi connectivity index (χ0v) is 16.5. The summed E-state index contributed by atoms with van der Waals surface area (Å²) in [5.74, 6) is 0.793. The van der Waals surface area contributed by atoms with Gasteiger partial charge in [0.05, 0.1) is 17.2 Å². The van der Waals surface area contributed by atoms with E-state index in [0.717, 1.165) is 32.8 Å². The lowest BCUT2D eigenvalue weighted by atomic mass is 10.2. The van der Waals surface area contributed by atoms with Crippen molar-refractivity contribution >= 4 is 28.1 Å². The molecule has 5 heteroatoms. The van der Waals surface area contributed by atoms with Crippen LogP contribution in [0.15, 0.2) is 72.1 Å². The van der Waals surface area contributed by atoms with E-state index in [2.05, 4.69) is 39.5 Å². The first-order valence-corrected chi connectivity index (χ1v) is 10.2. The Morgan fingerprint density at radius 3 is 2.71 bits per heavy atom. The zero-order chi connectivity index (χ0) is 19.3. The second-order valence-electron chi connectivity index (χ2n) is 6.47. The molecule has 2 heterocycles. The summed E-state index contributed by atoms with van der Waals surface area (Å²) in [7, 11) is 0. The largest absolute Gasteiger partial charge is 0.494 e. The quantitative estimate of drug-likeness (QED) is 0.478. The number of benzene rings is 2. The van der Waals surface area contributed by atoms with E-state index in [9.17, 15) is 4.79 Å². The number of hydrogen-bond acceptors (Lipinski definition) is 3. The normalized spacial score (nSPS) is 10.9. The number of nitrogens with zero attached hydrogens (tertiary/aromatic N) is 1. The molecule has 4 rings (SSSR count). The number of rotatable bonds is 7. The number of nitrogens with one attached hydrogen (secondary N) is 1. The highest BCUT2D eigenvalue weighted by molar-refractivity contribution is 7.13. The molecular weight excluding hydrogens is 368 g/mol. The molecule has 4 nitrogen and oxygen atoms in total. The van der Waals surface area contributed by atoms with E-state index in [0.29, 0.717) is 13.2 Å². The Morgan fingerprint density at radius 2 is 1.89 bits per heavy atom. The van der Waals surface area contributed by atoms with Crippen molar-refractivity contribution in [1.82, 2.24) is 9.88 Å². The minimum absolute atomic E-state index is 0.0227. The number of para-hydroxylation sites is 2. The van der Waals surface area contributed by atoms with Gasteiger partial charge in [0.1, 0.15) is 12.3 Å². The predicted octanol–water partition coefficient (Wildman–Crippen LogP) is 5.08. The Bertz CT molecular complexity index is 1080. The third kappa shape index (κ3) is 3.80. The van der Waals surface area contributed by atoms with E-state index in [1.54, 1.807) is 11.3 Å². The monoisotopic (exact) mass is 390 g/mol. The molecule has 0 unspecified atom stereocenters. The van der Waals surface area contributed by atoms with Gasteiger partial charge in [0.15, 0.2) is 0 Å². The number of carbonyl (C=O) groups is 1. The van der Waals surface area contributed by atoms with E-state index >= 15 is 0 Å². The molecule has 0 radical (unpaired) electrons. The first-order valence-electron chi connectivity index (χ1n) is 9.36. The average Bonchev–Trinajstić information content (AvgIpc) is 3.36. The molecule has 28 heavy (non-hydrogen) atoms. The van der Waals surface area contributed by atoms with Gasteiger partial charge in [-0.2, -0.15) is 0 Å². The van der Waals surface area contributed by atoms with Crippen LogP contribution in [-0.4, -0.2) is 17.1 Å². The fraction of sp³-hybridized carbons (Fsp3) is 0.174. The van der Waals surface area contributed by atoms with Crippen molar-refractivity contribution in [1.29, 1.82) is 0 Å². The van der Waals surface area contributed by atoms with E-state index < -0.39 is 0 Å². The molecule has 2 aromatic heterocycles. The average molecular weight is 391 g/mol. The maximum atomic E-state index is 12.7. The van der Waals surface area contributed by atoms with Crippen molar-refractivity contribution in [3.8, 4) is 16.3 Å². The molecule has 0 atom stereocenters. The summed E-state index contributed by atoms with van der Waals surface area (Å²) < 4.78 is 7.73. The summed E-state index contributed by atoms with van der Waals surface area (Å²) in [5, 5.41) is 6.23. The molecule has 4 aromatic rings. The van der Waals surface area contributed by atoms with Crippen LogP contribution in [-0.2, 0) is 17.9 Å². The van der Waals surface area contributed by atoms with Gasteiger partial charge in [0, 0.05) is 23.0 Å². The fourth-order valence-corrected chi connectivity index (χ4v) is 4.10. The van der Waals surface area contributed by atoms with Crippen molar-refractivity contribution in [3.05, 3.63) is 77.7 Å². The number of hydrogen-bond donors (Lipinski definition) is 1. The summed E-state index contributed by atoms with van der Waals surface area (Å²) in [5.41, 5.74) is 3.12. The van der Waals surface area contributed by atoms with Crippen LogP contribution < -0.4 is 10.1 Å². The lowest BCUT2D eigenvalue weighted by Crippen LogP contribution is -2.27. The number of carbonyl (C=O) groups excluding carboxylic acids is 1. The highest BCUT2D eigenvalue weighted by atomic mass is 32.1. The standard InChI is InChI=1S/C23H22N2O2S/c1-2-27-21-11-6-4-9-18(21)15-24-23(26)16-25-19-10-5-3-8-17(19)14-20(25)22-12-7-13-28-22/h3-14H,2,15-16H2,1H3,(H,24,26). The van der Waals surface area contributed by atoms with Crippen molar-refractivity contribution in [2.24, 2.45) is 0 Å². The van der Waals surface area contributed by atoms with Crippen LogP contribution in [0.1, 0.15) is 12.5 Å². The van der Waals surface area contributed by atoms with Crippen LogP contribution in [0, 0.1) is 0 Å². The number of aromatic nitrogens is 1. The molecule has 0 aliphatic rings. The Hall–Kier alpha value is -3.05. The van der Waals surface area contributed by atoms with Crippen molar-refractivity contribution < 1.29 is 9.53 Å². The molecule has 0 aliphatic carbocycles. The van der Waals surface area contributed by atoms with Gasteiger partial charge in [-0.05, 0) is 36.6 Å².